The smallest absolute Gasteiger partial charge is 0.0439 e. The minimum Gasteiger partial charge on any atom is -0.398 e. The first-order valence-electron chi connectivity index (χ1n) is 7.28. The predicted molar refractivity (Wildman–Crippen MR) is 89.3 cm³/mol. The van der Waals surface area contributed by atoms with Crippen molar-refractivity contribution < 1.29 is 0 Å². The molecule has 4 heteroatoms. The van der Waals surface area contributed by atoms with Gasteiger partial charge in [-0.1, -0.05) is 6.92 Å². The fraction of sp³-hybridized carbons (Fsp3) is 0.438. The molecule has 106 valence electrons. The normalized spacial score (nSPS) is 22.2. The summed E-state index contributed by atoms with van der Waals surface area (Å²) in [5, 5.41) is 6.72. The second kappa shape index (κ2) is 5.92. The van der Waals surface area contributed by atoms with Crippen molar-refractivity contribution in [2.75, 3.05) is 16.8 Å². The topological polar surface area (TPSA) is 50.9 Å². The zero-order valence-corrected chi connectivity index (χ0v) is 12.6. The first kappa shape index (κ1) is 13.6. The molecule has 2 atom stereocenters. The summed E-state index contributed by atoms with van der Waals surface area (Å²) in [5.74, 6) is 1.21. The summed E-state index contributed by atoms with van der Waals surface area (Å²) in [7, 11) is 0. The van der Waals surface area contributed by atoms with E-state index in [1.165, 1.54) is 25.0 Å². The number of thioether (sulfide) groups is 1. The van der Waals surface area contributed by atoms with Crippen LogP contribution in [0, 0.1) is 0 Å². The van der Waals surface area contributed by atoms with E-state index in [1.807, 2.05) is 18.3 Å². The zero-order valence-electron chi connectivity index (χ0n) is 11.8. The number of rotatable bonds is 4. The van der Waals surface area contributed by atoms with Crippen LogP contribution in [-0.4, -0.2) is 22.0 Å². The van der Waals surface area contributed by atoms with Gasteiger partial charge in [-0.05, 0) is 43.2 Å². The van der Waals surface area contributed by atoms with Crippen molar-refractivity contribution in [2.24, 2.45) is 0 Å². The number of nitrogens with one attached hydrogen (secondary N) is 1. The van der Waals surface area contributed by atoms with E-state index in [-0.39, 0.29) is 0 Å². The van der Waals surface area contributed by atoms with E-state index < -0.39 is 0 Å². The largest absolute Gasteiger partial charge is 0.398 e. The molecule has 0 amide bonds. The third kappa shape index (κ3) is 2.70. The molecule has 2 aromatic rings. The molecule has 1 aromatic carbocycles. The molecule has 1 saturated carbocycles. The van der Waals surface area contributed by atoms with Crippen LogP contribution >= 0.6 is 11.8 Å². The first-order valence-corrected chi connectivity index (χ1v) is 8.33. The van der Waals surface area contributed by atoms with E-state index in [1.54, 1.807) is 6.20 Å². The predicted octanol–water partition coefficient (Wildman–Crippen LogP) is 3.90. The summed E-state index contributed by atoms with van der Waals surface area (Å²) < 4.78 is 0. The van der Waals surface area contributed by atoms with Crippen LogP contribution in [0.4, 0.5) is 11.4 Å². The van der Waals surface area contributed by atoms with Gasteiger partial charge in [0.2, 0.25) is 0 Å². The highest BCUT2D eigenvalue weighted by atomic mass is 32.2. The van der Waals surface area contributed by atoms with Crippen LogP contribution in [0.2, 0.25) is 0 Å². The monoisotopic (exact) mass is 287 g/mol. The molecule has 3 nitrogen and oxygen atoms in total. The van der Waals surface area contributed by atoms with E-state index >= 15 is 0 Å². The van der Waals surface area contributed by atoms with Crippen LogP contribution < -0.4 is 11.1 Å². The van der Waals surface area contributed by atoms with Crippen LogP contribution in [-0.2, 0) is 0 Å². The highest BCUT2D eigenvalue weighted by molar-refractivity contribution is 7.99. The minimum atomic E-state index is 0.575. The van der Waals surface area contributed by atoms with Crippen molar-refractivity contribution in [2.45, 2.75) is 37.5 Å². The van der Waals surface area contributed by atoms with E-state index in [0.29, 0.717) is 6.04 Å². The van der Waals surface area contributed by atoms with Gasteiger partial charge in [0.1, 0.15) is 0 Å². The maximum atomic E-state index is 6.04. The summed E-state index contributed by atoms with van der Waals surface area (Å²) in [5.41, 5.74) is 8.02. The summed E-state index contributed by atoms with van der Waals surface area (Å²) in [4.78, 5) is 4.23. The number of anilines is 2. The van der Waals surface area contributed by atoms with Gasteiger partial charge in [0.15, 0.2) is 0 Å². The Kier molecular flexibility index (Phi) is 4.01. The number of benzene rings is 1. The Morgan fingerprint density at radius 1 is 1.30 bits per heavy atom. The van der Waals surface area contributed by atoms with Crippen molar-refractivity contribution in [1.29, 1.82) is 0 Å². The summed E-state index contributed by atoms with van der Waals surface area (Å²) in [6, 6.07) is 6.63. The van der Waals surface area contributed by atoms with Crippen molar-refractivity contribution in [3.8, 4) is 0 Å². The molecule has 3 N–H and O–H groups in total. The van der Waals surface area contributed by atoms with Crippen LogP contribution in [0.3, 0.4) is 0 Å². The molecule has 20 heavy (non-hydrogen) atoms. The number of nitrogen functional groups attached to an aromatic ring is 1. The van der Waals surface area contributed by atoms with Gasteiger partial charge in [0, 0.05) is 45.8 Å². The van der Waals surface area contributed by atoms with Crippen molar-refractivity contribution in [3.05, 3.63) is 30.6 Å². The molecule has 3 rings (SSSR count). The molecule has 1 aromatic heterocycles. The minimum absolute atomic E-state index is 0.575. The summed E-state index contributed by atoms with van der Waals surface area (Å²) in [6.45, 7) is 2.24. The number of pyridine rings is 1. The molecule has 1 heterocycles. The Labute approximate surface area is 124 Å². The van der Waals surface area contributed by atoms with Gasteiger partial charge >= 0.3 is 0 Å². The average molecular weight is 287 g/mol. The lowest BCUT2D eigenvalue weighted by Crippen LogP contribution is -2.16. The standard InChI is InChI=1S/C16H21N3S/c1-2-20-12-4-3-11(9-12)19-16-6-5-15(17)13-7-8-18-10-14(13)16/h5-8,10-12,19H,2-4,9,17H2,1H3. The van der Waals surface area contributed by atoms with Crippen LogP contribution in [0.5, 0.6) is 0 Å². The van der Waals surface area contributed by atoms with Crippen LogP contribution in [0.15, 0.2) is 30.6 Å². The quantitative estimate of drug-likeness (QED) is 0.837. The zero-order chi connectivity index (χ0) is 13.9. The maximum absolute atomic E-state index is 6.04. The van der Waals surface area contributed by atoms with Gasteiger partial charge in [-0.15, -0.1) is 0 Å². The molecule has 1 aliphatic rings. The van der Waals surface area contributed by atoms with Gasteiger partial charge in [-0.2, -0.15) is 11.8 Å². The second-order valence-corrected chi connectivity index (χ2v) is 6.93. The first-order chi connectivity index (χ1) is 9.78. The SMILES string of the molecule is CCSC1CCC(Nc2ccc(N)c3ccncc23)C1. The molecule has 0 bridgehead atoms. The Hall–Kier alpha value is -1.42. The highest BCUT2D eigenvalue weighted by Crippen LogP contribution is 2.34. The lowest BCUT2D eigenvalue weighted by molar-refractivity contribution is 0.758. The molecule has 0 aliphatic heterocycles. The van der Waals surface area contributed by atoms with Crippen LogP contribution in [0.1, 0.15) is 26.2 Å². The number of hydrogen-bond acceptors (Lipinski definition) is 4. The third-order valence-electron chi connectivity index (χ3n) is 4.00. The van der Waals surface area contributed by atoms with Crippen LogP contribution in [0.25, 0.3) is 10.8 Å². The second-order valence-electron chi connectivity index (χ2n) is 5.36. The van der Waals surface area contributed by atoms with E-state index in [2.05, 4.69) is 35.1 Å². The fourth-order valence-electron chi connectivity index (χ4n) is 3.02. The number of fused-ring (bicyclic) bond motifs is 1. The number of nitrogens with two attached hydrogens (primary N) is 1. The Morgan fingerprint density at radius 2 is 2.20 bits per heavy atom. The maximum Gasteiger partial charge on any atom is 0.0439 e. The molecule has 0 radical (unpaired) electrons. The fourth-order valence-corrected chi connectivity index (χ4v) is 4.16. The molecule has 0 saturated heterocycles. The molecular formula is C16H21N3S. The lowest BCUT2D eigenvalue weighted by Gasteiger charge is -2.17. The molecular weight excluding hydrogens is 266 g/mol. The highest BCUT2D eigenvalue weighted by Gasteiger charge is 2.24. The van der Waals surface area contributed by atoms with E-state index in [0.717, 1.165) is 27.4 Å². The third-order valence-corrected chi connectivity index (χ3v) is 5.23. The van der Waals surface area contributed by atoms with E-state index in [9.17, 15) is 0 Å². The van der Waals surface area contributed by atoms with Gasteiger partial charge < -0.3 is 11.1 Å². The van der Waals surface area contributed by atoms with E-state index in [4.69, 9.17) is 5.73 Å². The molecule has 2 unspecified atom stereocenters. The number of nitrogens with zero attached hydrogens (tertiary/aromatic N) is 1. The lowest BCUT2D eigenvalue weighted by atomic mass is 10.1. The van der Waals surface area contributed by atoms with Gasteiger partial charge in [-0.25, -0.2) is 0 Å². The van der Waals surface area contributed by atoms with Gasteiger partial charge in [0.05, 0.1) is 0 Å². The van der Waals surface area contributed by atoms with Gasteiger partial charge in [0.25, 0.3) is 0 Å². The summed E-state index contributed by atoms with van der Waals surface area (Å²) >= 11 is 2.09. The van der Waals surface area contributed by atoms with Gasteiger partial charge in [-0.3, -0.25) is 4.98 Å². The number of hydrogen-bond donors (Lipinski definition) is 2. The molecule has 0 spiro atoms. The average Bonchev–Trinajstić information content (AvgIpc) is 2.90. The summed E-state index contributed by atoms with van der Waals surface area (Å²) in [6.07, 6.45) is 7.53. The molecule has 1 aliphatic carbocycles. The Morgan fingerprint density at radius 3 is 3.05 bits per heavy atom. The Bertz CT molecular complexity index is 599. The van der Waals surface area contributed by atoms with Crippen molar-refractivity contribution in [3.63, 3.8) is 0 Å². The number of aromatic nitrogens is 1. The molecule has 1 fully saturated rings. The Balaban J connectivity index is 1.80. The van der Waals surface area contributed by atoms with Crippen molar-refractivity contribution in [1.82, 2.24) is 4.98 Å². The van der Waals surface area contributed by atoms with Crippen molar-refractivity contribution >= 4 is 33.9 Å².